The first kappa shape index (κ1) is 33.2. The molecule has 4 aliphatic heterocycles. The average molecular weight is 617 g/mol. The van der Waals surface area contributed by atoms with Gasteiger partial charge in [-0.05, 0) is 101 Å². The van der Waals surface area contributed by atoms with E-state index in [9.17, 15) is 19.2 Å². The second-order valence-electron chi connectivity index (χ2n) is 18.4. The second kappa shape index (κ2) is 10.2. The van der Waals surface area contributed by atoms with Crippen LogP contribution in [0.3, 0.4) is 0 Å². The first-order chi connectivity index (χ1) is 20.0. The second-order valence-corrected chi connectivity index (χ2v) is 18.4. The van der Waals surface area contributed by atoms with Gasteiger partial charge in [0.25, 0.3) is 5.79 Å². The monoisotopic (exact) mass is 616 g/mol. The number of hydrogen-bond acceptors (Lipinski definition) is 8. The Morgan fingerprint density at radius 2 is 1.14 bits per heavy atom. The van der Waals surface area contributed by atoms with E-state index < -0.39 is 22.2 Å². The SMILES string of the molecule is CCC(C)(C)C(=O)OC12CC3(C)CC(CC(C)(C3)C1)C(=O)O2.CCC(C)(C)C(=O)OC12CC3(C)CC(CC(C)(C3)C1)OC2=O. The number of fused-ring (bicyclic) bond motifs is 2. The first-order valence-corrected chi connectivity index (χ1v) is 16.9. The largest absolute Gasteiger partial charge is 0.459 e. The molecule has 8 fully saturated rings. The summed E-state index contributed by atoms with van der Waals surface area (Å²) in [6.45, 7) is 20.3. The molecule has 8 bridgehead atoms. The van der Waals surface area contributed by atoms with Crippen LogP contribution in [0.1, 0.15) is 146 Å². The van der Waals surface area contributed by atoms with Crippen LogP contribution in [-0.2, 0) is 38.1 Å². The van der Waals surface area contributed by atoms with Gasteiger partial charge >= 0.3 is 23.9 Å². The number of hydrogen-bond donors (Lipinski definition) is 0. The fraction of sp³-hybridized carbons (Fsp3) is 0.889. The maximum absolute atomic E-state index is 12.7. The molecule has 0 spiro atoms. The summed E-state index contributed by atoms with van der Waals surface area (Å²) in [5.74, 6) is -2.10. The number of rotatable bonds is 6. The molecular weight excluding hydrogens is 560 g/mol. The van der Waals surface area contributed by atoms with Crippen molar-refractivity contribution in [2.24, 2.45) is 38.4 Å². The predicted octanol–water partition coefficient (Wildman–Crippen LogP) is 7.45. The van der Waals surface area contributed by atoms with Gasteiger partial charge in [-0.2, -0.15) is 0 Å². The molecule has 248 valence electrons. The minimum absolute atomic E-state index is 0.0153. The highest BCUT2D eigenvalue weighted by molar-refractivity contribution is 5.86. The lowest BCUT2D eigenvalue weighted by atomic mass is 9.52. The molecule has 4 unspecified atom stereocenters. The quantitative estimate of drug-likeness (QED) is 0.224. The maximum Gasteiger partial charge on any atom is 0.350 e. The average Bonchev–Trinajstić information content (AvgIpc) is 3.05. The van der Waals surface area contributed by atoms with Gasteiger partial charge in [0.05, 0.1) is 16.7 Å². The van der Waals surface area contributed by atoms with Crippen molar-refractivity contribution in [3.05, 3.63) is 0 Å². The van der Waals surface area contributed by atoms with Gasteiger partial charge in [0.1, 0.15) is 6.10 Å². The van der Waals surface area contributed by atoms with Gasteiger partial charge in [0.15, 0.2) is 0 Å². The molecule has 8 aliphatic rings. The fourth-order valence-corrected chi connectivity index (χ4v) is 10.2. The summed E-state index contributed by atoms with van der Waals surface area (Å²) in [4.78, 5) is 50.4. The van der Waals surface area contributed by atoms with Crippen LogP contribution in [0.25, 0.3) is 0 Å². The summed E-state index contributed by atoms with van der Waals surface area (Å²) < 4.78 is 23.3. The van der Waals surface area contributed by atoms with Crippen molar-refractivity contribution in [2.75, 3.05) is 0 Å². The molecule has 0 aromatic rings. The third kappa shape index (κ3) is 5.92. The zero-order chi connectivity index (χ0) is 32.8. The summed E-state index contributed by atoms with van der Waals surface area (Å²) in [6, 6.07) is 0. The van der Waals surface area contributed by atoms with Gasteiger partial charge in [-0.15, -0.1) is 0 Å². The summed E-state index contributed by atoms with van der Waals surface area (Å²) in [7, 11) is 0. The molecule has 4 saturated carbocycles. The minimum Gasteiger partial charge on any atom is -0.459 e. The standard InChI is InChI=1S/2C18H28O4/c1-6-15(2,3)13(19)22-18-10-16(4)7-12(21-14(18)20)8-17(5,9-16)11-18;1-6-15(2,3)14(20)22-18-10-16(4)7-12(13(19)21-18)8-17(5,9-16)11-18/h2*12H,6-11H2,1-5H3. The van der Waals surface area contributed by atoms with E-state index in [2.05, 4.69) is 27.7 Å². The van der Waals surface area contributed by atoms with Gasteiger partial charge in [-0.3, -0.25) is 14.4 Å². The highest BCUT2D eigenvalue weighted by Gasteiger charge is 2.65. The van der Waals surface area contributed by atoms with E-state index in [0.717, 1.165) is 38.5 Å². The first-order valence-electron chi connectivity index (χ1n) is 16.9. The van der Waals surface area contributed by atoms with Crippen molar-refractivity contribution in [2.45, 2.75) is 164 Å². The van der Waals surface area contributed by atoms with Crippen LogP contribution in [0.5, 0.6) is 0 Å². The minimum atomic E-state index is -1.07. The van der Waals surface area contributed by atoms with Gasteiger partial charge < -0.3 is 18.9 Å². The maximum atomic E-state index is 12.7. The molecule has 4 aliphatic carbocycles. The van der Waals surface area contributed by atoms with Crippen molar-refractivity contribution in [1.29, 1.82) is 0 Å². The molecule has 8 nitrogen and oxygen atoms in total. The normalized spacial score (nSPS) is 43.7. The molecule has 4 heterocycles. The number of carbonyl (C=O) groups is 4. The zero-order valence-corrected chi connectivity index (χ0v) is 28.9. The number of ether oxygens (including phenoxy) is 4. The van der Waals surface area contributed by atoms with Crippen LogP contribution in [-0.4, -0.2) is 41.4 Å². The molecule has 0 aromatic heterocycles. The van der Waals surface area contributed by atoms with Crippen molar-refractivity contribution < 1.29 is 38.1 Å². The third-order valence-electron chi connectivity index (χ3n) is 12.1. The van der Waals surface area contributed by atoms with Gasteiger partial charge in [-0.1, -0.05) is 41.5 Å². The lowest BCUT2D eigenvalue weighted by Gasteiger charge is -2.53. The van der Waals surface area contributed by atoms with E-state index in [0.29, 0.717) is 38.5 Å². The topological polar surface area (TPSA) is 105 Å². The fourth-order valence-electron chi connectivity index (χ4n) is 10.2. The van der Waals surface area contributed by atoms with Gasteiger partial charge in [-0.25, -0.2) is 4.79 Å². The molecule has 0 amide bonds. The predicted molar refractivity (Wildman–Crippen MR) is 164 cm³/mol. The van der Waals surface area contributed by atoms with Crippen LogP contribution < -0.4 is 0 Å². The number of esters is 4. The van der Waals surface area contributed by atoms with E-state index in [-0.39, 0.29) is 57.6 Å². The molecule has 4 atom stereocenters. The van der Waals surface area contributed by atoms with Crippen LogP contribution in [0.15, 0.2) is 0 Å². The van der Waals surface area contributed by atoms with Crippen LogP contribution in [0, 0.1) is 38.4 Å². The molecule has 0 radical (unpaired) electrons. The summed E-state index contributed by atoms with van der Waals surface area (Å²) in [5.41, 5.74) is -2.09. The Kier molecular flexibility index (Phi) is 7.70. The van der Waals surface area contributed by atoms with E-state index in [1.165, 1.54) is 0 Å². The molecule has 0 N–H and O–H groups in total. The van der Waals surface area contributed by atoms with Crippen molar-refractivity contribution in [3.8, 4) is 0 Å². The summed E-state index contributed by atoms with van der Waals surface area (Å²) >= 11 is 0. The third-order valence-corrected chi connectivity index (χ3v) is 12.1. The van der Waals surface area contributed by atoms with Crippen LogP contribution in [0.2, 0.25) is 0 Å². The summed E-state index contributed by atoms with van der Waals surface area (Å²) in [6.07, 6.45) is 9.55. The Morgan fingerprint density at radius 3 is 1.59 bits per heavy atom. The summed E-state index contributed by atoms with van der Waals surface area (Å²) in [5, 5.41) is 0. The van der Waals surface area contributed by atoms with Crippen molar-refractivity contribution >= 4 is 23.9 Å². The Labute approximate surface area is 264 Å². The molecule has 8 heteroatoms. The van der Waals surface area contributed by atoms with Crippen LogP contribution >= 0.6 is 0 Å². The van der Waals surface area contributed by atoms with E-state index in [1.807, 2.05) is 41.5 Å². The highest BCUT2D eigenvalue weighted by Crippen LogP contribution is 2.64. The van der Waals surface area contributed by atoms with Gasteiger partial charge in [0.2, 0.25) is 5.60 Å². The van der Waals surface area contributed by atoms with E-state index >= 15 is 0 Å². The van der Waals surface area contributed by atoms with Crippen molar-refractivity contribution in [3.63, 3.8) is 0 Å². The Bertz CT molecular complexity index is 1190. The molecule has 4 saturated heterocycles. The van der Waals surface area contributed by atoms with Crippen molar-refractivity contribution in [1.82, 2.24) is 0 Å². The lowest BCUT2D eigenvalue weighted by Crippen LogP contribution is -2.55. The lowest BCUT2D eigenvalue weighted by molar-refractivity contribution is -0.259. The molecule has 0 aromatic carbocycles. The highest BCUT2D eigenvalue weighted by atomic mass is 16.7. The Morgan fingerprint density at radius 1 is 0.705 bits per heavy atom. The molecular formula is C36H56O8. The molecule has 44 heavy (non-hydrogen) atoms. The number of carbonyl (C=O) groups excluding carboxylic acids is 4. The smallest absolute Gasteiger partial charge is 0.350 e. The Balaban J connectivity index is 0.000000175. The van der Waals surface area contributed by atoms with E-state index in [4.69, 9.17) is 18.9 Å². The van der Waals surface area contributed by atoms with Crippen LogP contribution in [0.4, 0.5) is 0 Å². The van der Waals surface area contributed by atoms with E-state index in [1.54, 1.807) is 0 Å². The zero-order valence-electron chi connectivity index (χ0n) is 28.9. The van der Waals surface area contributed by atoms with Gasteiger partial charge in [0, 0.05) is 25.7 Å². The Hall–Kier alpha value is -2.12. The molecule has 8 rings (SSSR count).